The van der Waals surface area contributed by atoms with Crippen molar-refractivity contribution in [3.05, 3.63) is 89.0 Å². The van der Waals surface area contributed by atoms with Crippen molar-refractivity contribution in [1.29, 1.82) is 0 Å². The molecule has 0 radical (unpaired) electrons. The van der Waals surface area contributed by atoms with Crippen LogP contribution in [0.1, 0.15) is 133 Å². The first kappa shape index (κ1) is 55.6. The number of aliphatic hydroxyl groups is 2. The maximum Gasteiger partial charge on any atom is 0.524 e. The van der Waals surface area contributed by atoms with Crippen molar-refractivity contribution in [3.8, 4) is 5.75 Å². The van der Waals surface area contributed by atoms with Gasteiger partial charge in [-0.25, -0.2) is 8.96 Å². The Bertz CT molecular complexity index is 2390. The summed E-state index contributed by atoms with van der Waals surface area (Å²) in [5, 5.41) is 26.9. The Labute approximate surface area is 438 Å². The standard InChI is InChI=1S/C58H83FN3O11P/c1-55-26-25-46(63)35-45(55)22-23-47-48-36-53-58(56(48,2)37-51(65)57(47,55)59,72-54(71-53)42-19-10-7-11-20-42)52(66)39-61-28-30-62(3,31-29-61)40-44-34-43(21-24-50(44)73-74(67,68)69)49(64)38-60-27-13-4-5-14-32-70-33-15-12-18-41-16-8-6-9-17-41/h6,8-9,16-17,21,24-26,34-35,42,47-49,51,53-54,60,64-65H,4-5,7,10-15,18-20,22-23,27-33,36-40H2,1-3H3,(H-,67,68,69)/p+1/t47-,48-,49?,51-,53+,54+,55-,56-,57-,58+/m0/s1. The van der Waals surface area contributed by atoms with Gasteiger partial charge in [-0.05, 0) is 125 Å². The Morgan fingerprint density at radius 3 is 2.45 bits per heavy atom. The average molecular weight is 1050 g/mol. The van der Waals surface area contributed by atoms with Gasteiger partial charge in [-0.15, -0.1) is 0 Å². The van der Waals surface area contributed by atoms with Crippen molar-refractivity contribution < 1.29 is 61.8 Å². The SMILES string of the molecule is C[C@]12C=CC(=O)C=C1CC[C@H]1[C@@H]3C[C@H]4O[C@@H](C5CCCCC5)O[C@@]4(C(=O)CN4CC[N+](C)(Cc5cc(C(O)CNCCCCCCOCCCCc6ccccc6)ccc5OP(=O)(O)O)CC4)[C@@]3(C)C[C@H](O)[C@@]12F. The number of halogens is 1. The summed E-state index contributed by atoms with van der Waals surface area (Å²) in [6, 6.07) is 15.5. The van der Waals surface area contributed by atoms with Crippen LogP contribution in [0.25, 0.3) is 0 Å². The predicted octanol–water partition coefficient (Wildman–Crippen LogP) is 8.25. The lowest BCUT2D eigenvalue weighted by atomic mass is 9.44. The number of phosphoric acid groups is 1. The number of aryl methyl sites for hydroxylation is 1. The maximum atomic E-state index is 18.2. The first-order chi connectivity index (χ1) is 35.4. The van der Waals surface area contributed by atoms with Gasteiger partial charge < -0.3 is 38.7 Å². The van der Waals surface area contributed by atoms with Crippen LogP contribution in [0.15, 0.2) is 72.3 Å². The fourth-order valence-corrected chi connectivity index (χ4v) is 15.2. The number of fused-ring (bicyclic) bond motifs is 7. The summed E-state index contributed by atoms with van der Waals surface area (Å²) in [6.07, 6.45) is 15.3. The van der Waals surface area contributed by atoms with E-state index in [9.17, 15) is 29.4 Å². The summed E-state index contributed by atoms with van der Waals surface area (Å²) in [5.41, 5.74) is -2.21. The van der Waals surface area contributed by atoms with Gasteiger partial charge in [0.1, 0.15) is 12.3 Å². The molecule has 10 atom stereocenters. The summed E-state index contributed by atoms with van der Waals surface area (Å²) in [7, 11) is -2.81. The van der Waals surface area contributed by atoms with E-state index in [1.54, 1.807) is 24.3 Å². The number of alkyl halides is 1. The monoisotopic (exact) mass is 1050 g/mol. The zero-order valence-electron chi connectivity index (χ0n) is 44.1. The second-order valence-corrected chi connectivity index (χ2v) is 25.0. The van der Waals surface area contributed by atoms with E-state index in [4.69, 9.17) is 18.7 Å². The van der Waals surface area contributed by atoms with Crippen LogP contribution in [0.4, 0.5) is 4.39 Å². The molecule has 0 aromatic heterocycles. The molecule has 2 aromatic rings. The average Bonchev–Trinajstić information content (AvgIpc) is 3.90. The number of benzene rings is 2. The number of hydrogen-bond acceptors (Lipinski definition) is 11. The quantitative estimate of drug-likeness (QED) is 0.0408. The minimum absolute atomic E-state index is 0.0310. The molecule has 5 N–H and O–H groups in total. The molecule has 2 aliphatic heterocycles. The first-order valence-corrected chi connectivity index (χ1v) is 29.5. The molecule has 6 fully saturated rings. The van der Waals surface area contributed by atoms with Crippen LogP contribution in [-0.4, -0.2) is 137 Å². The van der Waals surface area contributed by atoms with Crippen LogP contribution in [0.3, 0.4) is 0 Å². The topological polar surface area (TPSA) is 184 Å². The zero-order valence-corrected chi connectivity index (χ0v) is 45.0. The Hall–Kier alpha value is -3.18. The predicted molar refractivity (Wildman–Crippen MR) is 279 cm³/mol. The molecule has 74 heavy (non-hydrogen) atoms. The van der Waals surface area contributed by atoms with E-state index in [1.165, 1.54) is 17.7 Å². The maximum absolute atomic E-state index is 18.2. The normalized spacial score (nSPS) is 33.3. The number of aliphatic hydroxyl groups excluding tert-OH is 2. The third kappa shape index (κ3) is 11.4. The molecule has 0 bridgehead atoms. The van der Waals surface area contributed by atoms with Crippen LogP contribution in [0, 0.1) is 28.6 Å². The van der Waals surface area contributed by atoms with Gasteiger partial charge in [-0.1, -0.05) is 87.1 Å². The summed E-state index contributed by atoms with van der Waals surface area (Å²) < 4.78 is 56.0. The van der Waals surface area contributed by atoms with Gasteiger partial charge in [0.25, 0.3) is 0 Å². The lowest BCUT2D eigenvalue weighted by Crippen LogP contribution is -2.70. The fraction of sp³-hybridized carbons (Fsp3) is 0.690. The highest BCUT2D eigenvalue weighted by Crippen LogP contribution is 2.72. The summed E-state index contributed by atoms with van der Waals surface area (Å²) >= 11 is 0. The Morgan fingerprint density at radius 1 is 0.973 bits per heavy atom. The lowest BCUT2D eigenvalue weighted by molar-refractivity contribution is -0.926. The molecule has 16 heteroatoms. The van der Waals surface area contributed by atoms with E-state index in [1.807, 2.05) is 19.9 Å². The molecule has 408 valence electrons. The summed E-state index contributed by atoms with van der Waals surface area (Å²) in [6.45, 7) is 9.29. The summed E-state index contributed by atoms with van der Waals surface area (Å²) in [4.78, 5) is 49.8. The summed E-state index contributed by atoms with van der Waals surface area (Å²) in [5.74, 6) is -0.915. The number of hydrogen-bond donors (Lipinski definition) is 5. The molecule has 0 amide bonds. The van der Waals surface area contributed by atoms with Crippen LogP contribution in [0.2, 0.25) is 0 Å². The number of ketones is 2. The smallest absolute Gasteiger partial charge is 0.404 e. The number of unbranched alkanes of at least 4 members (excludes halogenated alkanes) is 4. The van der Waals surface area contributed by atoms with Gasteiger partial charge in [-0.2, -0.15) is 0 Å². The van der Waals surface area contributed by atoms with Crippen molar-refractivity contribution in [2.45, 2.75) is 159 Å². The Kier molecular flexibility index (Phi) is 17.3. The molecule has 7 aliphatic rings. The molecule has 2 aromatic carbocycles. The van der Waals surface area contributed by atoms with Crippen molar-refractivity contribution in [2.24, 2.45) is 28.6 Å². The number of carbonyl (C=O) groups is 2. The number of allylic oxidation sites excluding steroid dienone is 4. The van der Waals surface area contributed by atoms with Crippen LogP contribution in [0.5, 0.6) is 5.75 Å². The number of nitrogens with one attached hydrogen (secondary N) is 1. The molecule has 2 saturated heterocycles. The fourth-order valence-electron chi connectivity index (χ4n) is 14.7. The number of rotatable bonds is 23. The van der Waals surface area contributed by atoms with Crippen LogP contribution in [-0.2, 0) is 41.3 Å². The number of piperazine rings is 1. The van der Waals surface area contributed by atoms with Crippen LogP contribution >= 0.6 is 7.82 Å². The highest BCUT2D eigenvalue weighted by molar-refractivity contribution is 7.46. The first-order valence-electron chi connectivity index (χ1n) is 28.0. The Balaban J connectivity index is 0.800. The minimum atomic E-state index is -4.90. The van der Waals surface area contributed by atoms with Gasteiger partial charge >= 0.3 is 7.82 Å². The largest absolute Gasteiger partial charge is 0.524 e. The van der Waals surface area contributed by atoms with Gasteiger partial charge in [0.2, 0.25) is 0 Å². The van der Waals surface area contributed by atoms with E-state index in [2.05, 4.69) is 41.5 Å². The van der Waals surface area contributed by atoms with Gasteiger partial charge in [0, 0.05) is 61.1 Å². The lowest BCUT2D eigenvalue weighted by Gasteiger charge is -2.62. The highest BCUT2D eigenvalue weighted by atomic mass is 31.2. The number of quaternary nitrogens is 1. The molecule has 2 heterocycles. The number of likely N-dealkylation sites (N-methyl/N-ethyl adjacent to an activating group) is 1. The molecule has 4 saturated carbocycles. The molecular formula is C58H84FN3O11P+. The van der Waals surface area contributed by atoms with Crippen molar-refractivity contribution in [2.75, 3.05) is 66.1 Å². The molecule has 1 unspecified atom stereocenters. The number of carbonyl (C=O) groups excluding carboxylic acids is 2. The number of phosphoric ester groups is 1. The Morgan fingerprint density at radius 2 is 1.70 bits per heavy atom. The van der Waals surface area contributed by atoms with Gasteiger partial charge in [-0.3, -0.25) is 24.3 Å². The second-order valence-electron chi connectivity index (χ2n) is 23.8. The van der Waals surface area contributed by atoms with Crippen molar-refractivity contribution >= 4 is 19.4 Å². The molecule has 5 aliphatic carbocycles. The molecule has 9 rings (SSSR count). The van der Waals surface area contributed by atoms with E-state index >= 15 is 9.18 Å². The molecule has 14 nitrogen and oxygen atoms in total. The third-order valence-corrected chi connectivity index (χ3v) is 19.4. The number of Topliss-reactive ketones (excluding diaryl/α,β-unsaturated/α-hetero) is 1. The molecular weight excluding hydrogens is 965 g/mol. The molecule has 0 spiro atoms. The minimum Gasteiger partial charge on any atom is -0.404 e. The van der Waals surface area contributed by atoms with E-state index in [0.29, 0.717) is 74.1 Å². The van der Waals surface area contributed by atoms with Crippen molar-refractivity contribution in [1.82, 2.24) is 10.2 Å². The van der Waals surface area contributed by atoms with E-state index in [-0.39, 0.29) is 42.1 Å². The van der Waals surface area contributed by atoms with Crippen LogP contribution < -0.4 is 9.84 Å². The zero-order chi connectivity index (χ0) is 52.4. The van der Waals surface area contributed by atoms with Gasteiger partial charge in [0.15, 0.2) is 29.1 Å². The highest BCUT2D eigenvalue weighted by Gasteiger charge is 2.79. The third-order valence-electron chi connectivity index (χ3n) is 18.9. The van der Waals surface area contributed by atoms with Gasteiger partial charge in [0.05, 0.1) is 45.0 Å². The number of ether oxygens (including phenoxy) is 3. The van der Waals surface area contributed by atoms with E-state index in [0.717, 1.165) is 102 Å². The number of nitrogens with zero attached hydrogens (tertiary/aromatic N) is 2. The van der Waals surface area contributed by atoms with E-state index < -0.39 is 60.4 Å². The van der Waals surface area contributed by atoms with Crippen molar-refractivity contribution in [3.63, 3.8) is 0 Å². The second kappa shape index (κ2) is 23.0.